The second kappa shape index (κ2) is 3.37. The molecule has 0 atom stereocenters. The fourth-order valence-electron chi connectivity index (χ4n) is 2.08. The molecule has 0 saturated heterocycles. The lowest BCUT2D eigenvalue weighted by molar-refractivity contribution is 0.916. The Morgan fingerprint density at radius 3 is 2.92 bits per heavy atom. The first kappa shape index (κ1) is 8.55. The van der Waals surface area contributed by atoms with E-state index in [0.717, 1.165) is 6.42 Å². The molecule has 0 unspecified atom stereocenters. The summed E-state index contributed by atoms with van der Waals surface area (Å²) in [5.41, 5.74) is 6.02. The SMILES string of the molecule is CCCc1ccc(C)c2c1C=CC2. The van der Waals surface area contributed by atoms with Gasteiger partial charge in [0, 0.05) is 0 Å². The van der Waals surface area contributed by atoms with E-state index in [2.05, 4.69) is 38.1 Å². The fourth-order valence-corrected chi connectivity index (χ4v) is 2.08. The van der Waals surface area contributed by atoms with Crippen LogP contribution in [0.4, 0.5) is 0 Å². The molecule has 1 aliphatic carbocycles. The van der Waals surface area contributed by atoms with E-state index in [1.54, 1.807) is 5.56 Å². The van der Waals surface area contributed by atoms with Gasteiger partial charge in [0.1, 0.15) is 0 Å². The van der Waals surface area contributed by atoms with Crippen LogP contribution in [-0.4, -0.2) is 0 Å². The summed E-state index contributed by atoms with van der Waals surface area (Å²) in [7, 11) is 0. The molecule has 0 heterocycles. The highest BCUT2D eigenvalue weighted by Gasteiger charge is 2.11. The van der Waals surface area contributed by atoms with E-state index in [4.69, 9.17) is 0 Å². The first-order chi connectivity index (χ1) is 6.33. The number of fused-ring (bicyclic) bond motifs is 1. The summed E-state index contributed by atoms with van der Waals surface area (Å²) in [6.07, 6.45) is 8.15. The fraction of sp³-hybridized carbons (Fsp3) is 0.385. The molecule has 0 amide bonds. The van der Waals surface area contributed by atoms with E-state index in [0.29, 0.717) is 0 Å². The number of hydrogen-bond acceptors (Lipinski definition) is 0. The second-order valence-corrected chi connectivity index (χ2v) is 3.79. The minimum atomic E-state index is 1.14. The molecule has 1 aromatic rings. The van der Waals surface area contributed by atoms with Crippen molar-refractivity contribution in [1.82, 2.24) is 0 Å². The van der Waals surface area contributed by atoms with Crippen molar-refractivity contribution in [2.24, 2.45) is 0 Å². The van der Waals surface area contributed by atoms with Crippen molar-refractivity contribution in [2.45, 2.75) is 33.1 Å². The number of allylic oxidation sites excluding steroid dienone is 1. The van der Waals surface area contributed by atoms with Gasteiger partial charge in [0.15, 0.2) is 0 Å². The van der Waals surface area contributed by atoms with Crippen molar-refractivity contribution >= 4 is 6.08 Å². The zero-order valence-electron chi connectivity index (χ0n) is 8.43. The van der Waals surface area contributed by atoms with Gasteiger partial charge in [-0.05, 0) is 42.0 Å². The molecule has 0 spiro atoms. The molecular weight excluding hydrogens is 156 g/mol. The maximum absolute atomic E-state index is 2.29. The third-order valence-corrected chi connectivity index (χ3v) is 2.81. The van der Waals surface area contributed by atoms with E-state index in [9.17, 15) is 0 Å². The molecule has 0 N–H and O–H groups in total. The molecule has 0 bridgehead atoms. The first-order valence-electron chi connectivity index (χ1n) is 5.11. The minimum Gasteiger partial charge on any atom is -0.0795 e. The number of hydrogen-bond donors (Lipinski definition) is 0. The molecule has 2 rings (SSSR count). The Bertz CT molecular complexity index is 345. The van der Waals surface area contributed by atoms with Gasteiger partial charge in [0.2, 0.25) is 0 Å². The topological polar surface area (TPSA) is 0 Å². The van der Waals surface area contributed by atoms with Gasteiger partial charge in [0.25, 0.3) is 0 Å². The molecule has 0 radical (unpaired) electrons. The Hall–Kier alpha value is -1.04. The molecule has 0 saturated carbocycles. The molecule has 13 heavy (non-hydrogen) atoms. The summed E-state index contributed by atoms with van der Waals surface area (Å²) in [5.74, 6) is 0. The lowest BCUT2D eigenvalue weighted by Crippen LogP contribution is -1.94. The van der Waals surface area contributed by atoms with Crippen molar-refractivity contribution in [3.05, 3.63) is 40.5 Å². The maximum atomic E-state index is 2.29. The first-order valence-corrected chi connectivity index (χ1v) is 5.11. The Kier molecular flexibility index (Phi) is 2.22. The van der Waals surface area contributed by atoms with E-state index in [1.807, 2.05) is 0 Å². The Morgan fingerprint density at radius 2 is 2.15 bits per heavy atom. The molecule has 0 aromatic heterocycles. The van der Waals surface area contributed by atoms with Gasteiger partial charge in [-0.15, -0.1) is 0 Å². The third-order valence-electron chi connectivity index (χ3n) is 2.81. The molecule has 1 aromatic carbocycles. The molecule has 0 nitrogen and oxygen atoms in total. The number of benzene rings is 1. The van der Waals surface area contributed by atoms with Gasteiger partial charge >= 0.3 is 0 Å². The smallest absolute Gasteiger partial charge is 0.00854 e. The summed E-state index contributed by atoms with van der Waals surface area (Å²) in [6, 6.07) is 4.55. The van der Waals surface area contributed by atoms with Gasteiger partial charge in [-0.1, -0.05) is 37.6 Å². The van der Waals surface area contributed by atoms with Crippen LogP contribution < -0.4 is 0 Å². The van der Waals surface area contributed by atoms with Crippen LogP contribution in [0.3, 0.4) is 0 Å². The normalized spacial score (nSPS) is 13.4. The molecular formula is C13H16. The van der Waals surface area contributed by atoms with Gasteiger partial charge in [-0.25, -0.2) is 0 Å². The molecule has 0 heteroatoms. The van der Waals surface area contributed by atoms with E-state index in [-0.39, 0.29) is 0 Å². The highest BCUT2D eigenvalue weighted by atomic mass is 14.2. The van der Waals surface area contributed by atoms with Crippen molar-refractivity contribution in [1.29, 1.82) is 0 Å². The Morgan fingerprint density at radius 1 is 1.31 bits per heavy atom. The summed E-state index contributed by atoms with van der Waals surface area (Å²) in [4.78, 5) is 0. The van der Waals surface area contributed by atoms with E-state index < -0.39 is 0 Å². The number of aryl methyl sites for hydroxylation is 2. The zero-order valence-corrected chi connectivity index (χ0v) is 8.43. The third kappa shape index (κ3) is 1.41. The second-order valence-electron chi connectivity index (χ2n) is 3.79. The van der Waals surface area contributed by atoms with Crippen LogP contribution in [0.15, 0.2) is 18.2 Å². The molecule has 0 aliphatic heterocycles. The van der Waals surface area contributed by atoms with Crippen LogP contribution in [0.2, 0.25) is 0 Å². The van der Waals surface area contributed by atoms with Crippen LogP contribution in [0.25, 0.3) is 6.08 Å². The molecule has 1 aliphatic rings. The van der Waals surface area contributed by atoms with Gasteiger partial charge < -0.3 is 0 Å². The summed E-state index contributed by atoms with van der Waals surface area (Å²) >= 11 is 0. The van der Waals surface area contributed by atoms with Crippen LogP contribution in [-0.2, 0) is 12.8 Å². The van der Waals surface area contributed by atoms with E-state index in [1.165, 1.54) is 29.5 Å². The standard InChI is InChI=1S/C13H16/c1-3-5-11-9-8-10(2)12-6-4-7-13(11)12/h4,7-9H,3,5-6H2,1-2H3. The highest BCUT2D eigenvalue weighted by molar-refractivity contribution is 5.65. The molecule has 0 fully saturated rings. The van der Waals surface area contributed by atoms with Gasteiger partial charge in [0.05, 0.1) is 0 Å². The van der Waals surface area contributed by atoms with Crippen molar-refractivity contribution < 1.29 is 0 Å². The summed E-state index contributed by atoms with van der Waals surface area (Å²) in [5, 5.41) is 0. The lowest BCUT2D eigenvalue weighted by atomic mass is 9.96. The van der Waals surface area contributed by atoms with Crippen LogP contribution in [0, 0.1) is 6.92 Å². The average molecular weight is 172 g/mol. The predicted octanol–water partition coefficient (Wildman–Crippen LogP) is 3.52. The van der Waals surface area contributed by atoms with Crippen LogP contribution in [0.5, 0.6) is 0 Å². The lowest BCUT2D eigenvalue weighted by Gasteiger charge is -2.09. The van der Waals surface area contributed by atoms with Gasteiger partial charge in [-0.2, -0.15) is 0 Å². The van der Waals surface area contributed by atoms with E-state index >= 15 is 0 Å². The van der Waals surface area contributed by atoms with Crippen LogP contribution >= 0.6 is 0 Å². The monoisotopic (exact) mass is 172 g/mol. The number of rotatable bonds is 2. The highest BCUT2D eigenvalue weighted by Crippen LogP contribution is 2.27. The summed E-state index contributed by atoms with van der Waals surface area (Å²) < 4.78 is 0. The zero-order chi connectivity index (χ0) is 9.26. The summed E-state index contributed by atoms with van der Waals surface area (Å²) in [6.45, 7) is 4.45. The van der Waals surface area contributed by atoms with Crippen molar-refractivity contribution in [3.8, 4) is 0 Å². The Labute approximate surface area is 80.3 Å². The van der Waals surface area contributed by atoms with Crippen molar-refractivity contribution in [2.75, 3.05) is 0 Å². The van der Waals surface area contributed by atoms with Crippen LogP contribution in [0.1, 0.15) is 35.6 Å². The Balaban J connectivity index is 2.48. The largest absolute Gasteiger partial charge is 0.0795 e. The minimum absolute atomic E-state index is 1.14. The van der Waals surface area contributed by atoms with Crippen molar-refractivity contribution in [3.63, 3.8) is 0 Å². The predicted molar refractivity (Wildman–Crippen MR) is 57.9 cm³/mol. The molecule has 68 valence electrons. The van der Waals surface area contributed by atoms with Gasteiger partial charge in [-0.3, -0.25) is 0 Å². The maximum Gasteiger partial charge on any atom is -0.00854 e. The average Bonchev–Trinajstić information content (AvgIpc) is 2.59. The quantitative estimate of drug-likeness (QED) is 0.640.